The molecule has 0 saturated heterocycles. The van der Waals surface area contributed by atoms with Crippen LogP contribution in [0.1, 0.15) is 39.4 Å². The zero-order chi connectivity index (χ0) is 20.8. The average Bonchev–Trinajstić information content (AvgIpc) is 3.18. The molecule has 1 amide bonds. The molecule has 0 fully saturated rings. The molecule has 0 aliphatic rings. The van der Waals surface area contributed by atoms with Gasteiger partial charge in [0.05, 0.1) is 24.3 Å². The van der Waals surface area contributed by atoms with Gasteiger partial charge in [-0.15, -0.1) is 5.10 Å². The zero-order valence-corrected chi connectivity index (χ0v) is 15.6. The van der Waals surface area contributed by atoms with Crippen LogP contribution in [0.25, 0.3) is 0 Å². The number of carboxylic acid groups (broad SMARTS) is 1. The Labute approximate surface area is 165 Å². The maximum absolute atomic E-state index is 12.9. The smallest absolute Gasteiger partial charge is 0.335 e. The number of rotatable bonds is 8. The Hall–Kier alpha value is -3.75. The van der Waals surface area contributed by atoms with Crippen LogP contribution in [-0.4, -0.2) is 38.6 Å². The van der Waals surface area contributed by atoms with Crippen LogP contribution < -0.4 is 10.1 Å². The second-order valence-corrected chi connectivity index (χ2v) is 6.27. The van der Waals surface area contributed by atoms with Crippen LogP contribution in [0.2, 0.25) is 0 Å². The summed E-state index contributed by atoms with van der Waals surface area (Å²) in [6, 6.07) is 11.6. The second kappa shape index (κ2) is 8.96. The summed E-state index contributed by atoms with van der Waals surface area (Å²) in [5.74, 6) is -1.21. The van der Waals surface area contributed by atoms with E-state index in [4.69, 9.17) is 9.84 Å². The molecular weight excluding hydrogens is 379 g/mol. The van der Waals surface area contributed by atoms with Gasteiger partial charge in [-0.2, -0.15) is 0 Å². The Kier molecular flexibility index (Phi) is 6.18. The molecule has 9 heteroatoms. The Bertz CT molecular complexity index is 986. The van der Waals surface area contributed by atoms with Crippen molar-refractivity contribution in [1.29, 1.82) is 0 Å². The third-order valence-corrected chi connectivity index (χ3v) is 4.24. The molecule has 0 radical (unpaired) electrons. The number of carboxylic acids is 1. The number of hydrogen-bond acceptors (Lipinski definition) is 5. The average molecular weight is 398 g/mol. The van der Waals surface area contributed by atoms with Gasteiger partial charge < -0.3 is 15.2 Å². The van der Waals surface area contributed by atoms with Gasteiger partial charge in [0.15, 0.2) is 0 Å². The highest BCUT2D eigenvalue weighted by atomic mass is 19.1. The van der Waals surface area contributed by atoms with E-state index in [1.807, 2.05) is 0 Å². The molecule has 3 rings (SSSR count). The van der Waals surface area contributed by atoms with Gasteiger partial charge in [-0.3, -0.25) is 4.79 Å². The second-order valence-electron chi connectivity index (χ2n) is 6.27. The minimum atomic E-state index is -1.01. The number of nitrogens with one attached hydrogen (secondary N) is 1. The van der Waals surface area contributed by atoms with Crippen LogP contribution in [0.5, 0.6) is 5.75 Å². The molecule has 0 aliphatic carbocycles. The number of benzene rings is 2. The number of carbonyl (C=O) groups is 2. The van der Waals surface area contributed by atoms with E-state index in [2.05, 4.69) is 15.6 Å². The van der Waals surface area contributed by atoms with Crippen LogP contribution in [0.3, 0.4) is 0 Å². The van der Waals surface area contributed by atoms with E-state index in [0.717, 1.165) is 5.56 Å². The molecule has 0 aliphatic heterocycles. The highest BCUT2D eigenvalue weighted by Gasteiger charge is 2.17. The first kappa shape index (κ1) is 20.0. The molecule has 150 valence electrons. The van der Waals surface area contributed by atoms with Crippen molar-refractivity contribution in [3.05, 3.63) is 77.4 Å². The minimum Gasteiger partial charge on any atom is -0.492 e. The fourth-order valence-corrected chi connectivity index (χ4v) is 2.65. The number of carbonyl (C=O) groups excluding carboxylic acids is 1. The Morgan fingerprint density at radius 3 is 2.52 bits per heavy atom. The molecule has 1 aromatic heterocycles. The topological polar surface area (TPSA) is 106 Å². The predicted molar refractivity (Wildman–Crippen MR) is 101 cm³/mol. The van der Waals surface area contributed by atoms with Crippen molar-refractivity contribution in [2.24, 2.45) is 0 Å². The summed E-state index contributed by atoms with van der Waals surface area (Å²) in [7, 11) is 0. The van der Waals surface area contributed by atoms with Crippen molar-refractivity contribution >= 4 is 11.9 Å². The lowest BCUT2D eigenvalue weighted by Gasteiger charge is -2.15. The fraction of sp³-hybridized carbons (Fsp3) is 0.200. The third kappa shape index (κ3) is 5.16. The monoisotopic (exact) mass is 398 g/mol. The van der Waals surface area contributed by atoms with Crippen molar-refractivity contribution < 1.29 is 23.8 Å². The highest BCUT2D eigenvalue weighted by Crippen LogP contribution is 2.15. The third-order valence-electron chi connectivity index (χ3n) is 4.24. The highest BCUT2D eigenvalue weighted by molar-refractivity contribution is 5.92. The van der Waals surface area contributed by atoms with Gasteiger partial charge in [0, 0.05) is 0 Å². The summed E-state index contributed by atoms with van der Waals surface area (Å²) >= 11 is 0. The van der Waals surface area contributed by atoms with Crippen molar-refractivity contribution in [3.63, 3.8) is 0 Å². The summed E-state index contributed by atoms with van der Waals surface area (Å²) in [5.41, 5.74) is 1.21. The molecule has 1 heterocycles. The Balaban J connectivity index is 1.57. The number of hydrogen-bond donors (Lipinski definition) is 2. The normalized spacial score (nSPS) is 11.7. The van der Waals surface area contributed by atoms with Crippen LogP contribution in [-0.2, 0) is 6.54 Å². The lowest BCUT2D eigenvalue weighted by molar-refractivity contribution is 0.0696. The van der Waals surface area contributed by atoms with Crippen molar-refractivity contribution in [3.8, 4) is 5.75 Å². The standard InChI is InChI=1S/C20H19FN4O4/c1-13(14-2-4-15(5-3-14)20(27)28)23-19(26)18-12-22-24-25(18)10-11-29-17-8-6-16(21)7-9-17/h2-9,12-13H,10-11H2,1H3,(H,23,26)(H,27,28). The number of aromatic carboxylic acids is 1. The maximum atomic E-state index is 12.9. The summed E-state index contributed by atoms with van der Waals surface area (Å²) in [6.45, 7) is 2.29. The van der Waals surface area contributed by atoms with Gasteiger partial charge in [-0.25, -0.2) is 13.9 Å². The Morgan fingerprint density at radius 1 is 1.17 bits per heavy atom. The number of amides is 1. The van der Waals surface area contributed by atoms with Crippen LogP contribution in [0, 0.1) is 5.82 Å². The van der Waals surface area contributed by atoms with Crippen molar-refractivity contribution in [2.75, 3.05) is 6.61 Å². The van der Waals surface area contributed by atoms with Gasteiger partial charge >= 0.3 is 5.97 Å². The molecule has 2 N–H and O–H groups in total. The first-order valence-electron chi connectivity index (χ1n) is 8.85. The molecule has 29 heavy (non-hydrogen) atoms. The molecule has 2 aromatic carbocycles. The maximum Gasteiger partial charge on any atom is 0.335 e. The number of halogens is 1. The summed E-state index contributed by atoms with van der Waals surface area (Å²) in [6.07, 6.45) is 1.35. The minimum absolute atomic E-state index is 0.177. The van der Waals surface area contributed by atoms with E-state index < -0.39 is 5.97 Å². The molecular formula is C20H19FN4O4. The van der Waals surface area contributed by atoms with Crippen molar-refractivity contribution in [2.45, 2.75) is 19.5 Å². The fourth-order valence-electron chi connectivity index (χ4n) is 2.65. The van der Waals surface area contributed by atoms with Crippen LogP contribution in [0.4, 0.5) is 4.39 Å². The number of nitrogens with zero attached hydrogens (tertiary/aromatic N) is 3. The van der Waals surface area contributed by atoms with E-state index in [1.165, 1.54) is 47.3 Å². The van der Waals surface area contributed by atoms with Gasteiger partial charge in [-0.05, 0) is 48.9 Å². The summed E-state index contributed by atoms with van der Waals surface area (Å²) < 4.78 is 19.8. The molecule has 1 unspecified atom stereocenters. The molecule has 3 aromatic rings. The largest absolute Gasteiger partial charge is 0.492 e. The van der Waals surface area contributed by atoms with Gasteiger partial charge in [0.1, 0.15) is 23.9 Å². The van der Waals surface area contributed by atoms with Crippen molar-refractivity contribution in [1.82, 2.24) is 20.3 Å². The van der Waals surface area contributed by atoms with Gasteiger partial charge in [0.25, 0.3) is 5.91 Å². The Morgan fingerprint density at radius 2 is 1.86 bits per heavy atom. The SMILES string of the molecule is CC(NC(=O)c1cnnn1CCOc1ccc(F)cc1)c1ccc(C(=O)O)cc1. The predicted octanol–water partition coefficient (Wildman–Crippen LogP) is 2.69. The quantitative estimate of drug-likeness (QED) is 0.604. The van der Waals surface area contributed by atoms with E-state index in [0.29, 0.717) is 5.75 Å². The van der Waals surface area contributed by atoms with E-state index in [1.54, 1.807) is 19.1 Å². The lowest BCUT2D eigenvalue weighted by Crippen LogP contribution is -2.29. The van der Waals surface area contributed by atoms with Crippen LogP contribution in [0.15, 0.2) is 54.7 Å². The van der Waals surface area contributed by atoms with E-state index in [9.17, 15) is 14.0 Å². The molecule has 0 bridgehead atoms. The zero-order valence-electron chi connectivity index (χ0n) is 15.6. The first-order valence-corrected chi connectivity index (χ1v) is 8.85. The number of aromatic nitrogens is 3. The summed E-state index contributed by atoms with van der Waals surface area (Å²) in [4.78, 5) is 23.5. The van der Waals surface area contributed by atoms with Gasteiger partial charge in [-0.1, -0.05) is 17.3 Å². The number of ether oxygens (including phenoxy) is 1. The molecule has 1 atom stereocenters. The van der Waals surface area contributed by atoms with E-state index in [-0.39, 0.29) is 42.2 Å². The van der Waals surface area contributed by atoms with Gasteiger partial charge in [0.2, 0.25) is 0 Å². The molecule has 0 saturated carbocycles. The molecule has 0 spiro atoms. The molecule has 8 nitrogen and oxygen atoms in total. The van der Waals surface area contributed by atoms with E-state index >= 15 is 0 Å². The first-order chi connectivity index (χ1) is 13.9. The summed E-state index contributed by atoms with van der Waals surface area (Å²) in [5, 5.41) is 19.5. The van der Waals surface area contributed by atoms with Crippen LogP contribution >= 0.6 is 0 Å². The lowest BCUT2D eigenvalue weighted by atomic mass is 10.1.